The van der Waals surface area contributed by atoms with Gasteiger partial charge in [-0.15, -0.1) is 0 Å². The number of carbonyl (C=O) groups is 1. The molecule has 22 heavy (non-hydrogen) atoms. The molecule has 1 aliphatic rings. The van der Waals surface area contributed by atoms with Gasteiger partial charge in [0.1, 0.15) is 0 Å². The summed E-state index contributed by atoms with van der Waals surface area (Å²) in [7, 11) is 0. The lowest BCUT2D eigenvalue weighted by molar-refractivity contribution is 0.104. The lowest BCUT2D eigenvalue weighted by Gasteiger charge is -2.06. The van der Waals surface area contributed by atoms with Crippen molar-refractivity contribution in [2.24, 2.45) is 0 Å². The SMILES string of the molecule is CCc1ccc(-c2ccc3c(c2)C(=O)c2ccccc2-3)cc1. The molecule has 0 atom stereocenters. The Balaban J connectivity index is 1.82. The first-order chi connectivity index (χ1) is 10.8. The molecule has 3 aromatic rings. The van der Waals surface area contributed by atoms with Crippen molar-refractivity contribution in [3.63, 3.8) is 0 Å². The zero-order valence-corrected chi connectivity index (χ0v) is 12.5. The Morgan fingerprint density at radius 2 is 1.32 bits per heavy atom. The summed E-state index contributed by atoms with van der Waals surface area (Å²) in [6.45, 7) is 2.15. The first kappa shape index (κ1) is 13.0. The second-order valence-electron chi connectivity index (χ2n) is 5.69. The third kappa shape index (κ3) is 1.90. The molecule has 0 aromatic heterocycles. The highest BCUT2D eigenvalue weighted by Gasteiger charge is 2.26. The van der Waals surface area contributed by atoms with Crippen molar-refractivity contribution in [3.8, 4) is 22.3 Å². The average molecular weight is 284 g/mol. The van der Waals surface area contributed by atoms with Crippen molar-refractivity contribution in [2.45, 2.75) is 13.3 Å². The molecule has 1 aliphatic carbocycles. The highest BCUT2D eigenvalue weighted by molar-refractivity contribution is 6.22. The summed E-state index contributed by atoms with van der Waals surface area (Å²) in [5, 5.41) is 0. The van der Waals surface area contributed by atoms with E-state index < -0.39 is 0 Å². The lowest BCUT2D eigenvalue weighted by Crippen LogP contribution is -1.95. The fraction of sp³-hybridized carbons (Fsp3) is 0.0952. The predicted octanol–water partition coefficient (Wildman–Crippen LogP) is 5.13. The van der Waals surface area contributed by atoms with E-state index in [9.17, 15) is 4.79 Å². The van der Waals surface area contributed by atoms with Crippen LogP contribution >= 0.6 is 0 Å². The molecule has 1 nitrogen and oxygen atoms in total. The Labute approximate surface area is 130 Å². The second-order valence-corrected chi connectivity index (χ2v) is 5.69. The standard InChI is InChI=1S/C21H16O/c1-2-14-7-9-15(10-8-14)16-11-12-18-17-5-3-4-6-19(17)21(22)20(18)13-16/h3-13H,2H2,1H3. The Hall–Kier alpha value is -2.67. The largest absolute Gasteiger partial charge is 0.289 e. The van der Waals surface area contributed by atoms with Gasteiger partial charge in [0.05, 0.1) is 0 Å². The van der Waals surface area contributed by atoms with Crippen LogP contribution in [0.4, 0.5) is 0 Å². The van der Waals surface area contributed by atoms with E-state index in [0.29, 0.717) is 0 Å². The number of ketones is 1. The first-order valence-corrected chi connectivity index (χ1v) is 7.65. The van der Waals surface area contributed by atoms with E-state index in [4.69, 9.17) is 0 Å². The van der Waals surface area contributed by atoms with Crippen molar-refractivity contribution < 1.29 is 4.79 Å². The minimum Gasteiger partial charge on any atom is -0.289 e. The lowest BCUT2D eigenvalue weighted by atomic mass is 9.98. The summed E-state index contributed by atoms with van der Waals surface area (Å²) in [5.41, 5.74) is 7.32. The third-order valence-corrected chi connectivity index (χ3v) is 4.42. The van der Waals surface area contributed by atoms with Crippen LogP contribution < -0.4 is 0 Å². The fourth-order valence-corrected chi connectivity index (χ4v) is 3.14. The maximum atomic E-state index is 12.6. The van der Waals surface area contributed by atoms with Crippen LogP contribution in [0, 0.1) is 0 Å². The van der Waals surface area contributed by atoms with Crippen molar-refractivity contribution >= 4 is 5.78 Å². The van der Waals surface area contributed by atoms with E-state index in [1.807, 2.05) is 30.3 Å². The van der Waals surface area contributed by atoms with E-state index in [2.05, 4.69) is 43.3 Å². The van der Waals surface area contributed by atoms with Crippen molar-refractivity contribution in [1.82, 2.24) is 0 Å². The highest BCUT2D eigenvalue weighted by Crippen LogP contribution is 2.38. The molecule has 106 valence electrons. The van der Waals surface area contributed by atoms with Gasteiger partial charge in [-0.05, 0) is 40.3 Å². The Morgan fingerprint density at radius 3 is 2.05 bits per heavy atom. The number of benzene rings is 3. The molecule has 0 spiro atoms. The number of hydrogen-bond acceptors (Lipinski definition) is 1. The zero-order chi connectivity index (χ0) is 15.1. The quantitative estimate of drug-likeness (QED) is 0.499. The smallest absolute Gasteiger partial charge is 0.194 e. The minimum atomic E-state index is 0.137. The van der Waals surface area contributed by atoms with Gasteiger partial charge < -0.3 is 0 Å². The first-order valence-electron chi connectivity index (χ1n) is 7.65. The van der Waals surface area contributed by atoms with Gasteiger partial charge in [0, 0.05) is 11.1 Å². The predicted molar refractivity (Wildman–Crippen MR) is 90.1 cm³/mol. The van der Waals surface area contributed by atoms with Crippen LogP contribution in [0.25, 0.3) is 22.3 Å². The van der Waals surface area contributed by atoms with Gasteiger partial charge in [-0.2, -0.15) is 0 Å². The van der Waals surface area contributed by atoms with Gasteiger partial charge in [0.15, 0.2) is 5.78 Å². The Morgan fingerprint density at radius 1 is 0.682 bits per heavy atom. The van der Waals surface area contributed by atoms with Crippen LogP contribution in [-0.4, -0.2) is 5.78 Å². The molecular formula is C21H16O. The van der Waals surface area contributed by atoms with Gasteiger partial charge >= 0.3 is 0 Å². The molecule has 0 bridgehead atoms. The molecular weight excluding hydrogens is 268 g/mol. The number of aryl methyl sites for hydroxylation is 1. The molecule has 0 N–H and O–H groups in total. The van der Waals surface area contributed by atoms with Crippen LogP contribution in [0.3, 0.4) is 0 Å². The van der Waals surface area contributed by atoms with Gasteiger partial charge in [-0.1, -0.05) is 67.6 Å². The molecule has 1 heteroatoms. The van der Waals surface area contributed by atoms with Crippen LogP contribution in [0.15, 0.2) is 66.7 Å². The van der Waals surface area contributed by atoms with Crippen molar-refractivity contribution in [2.75, 3.05) is 0 Å². The molecule has 0 aliphatic heterocycles. The summed E-state index contributed by atoms with van der Waals surface area (Å²) in [4.78, 5) is 12.6. The van der Waals surface area contributed by atoms with Crippen LogP contribution in [0.1, 0.15) is 28.4 Å². The summed E-state index contributed by atoms with van der Waals surface area (Å²) < 4.78 is 0. The molecule has 0 unspecified atom stereocenters. The summed E-state index contributed by atoms with van der Waals surface area (Å²) in [6, 6.07) is 22.6. The van der Waals surface area contributed by atoms with E-state index >= 15 is 0 Å². The van der Waals surface area contributed by atoms with E-state index in [0.717, 1.165) is 39.8 Å². The third-order valence-electron chi connectivity index (χ3n) is 4.42. The Kier molecular flexibility index (Phi) is 2.93. The molecule has 0 fully saturated rings. The van der Waals surface area contributed by atoms with E-state index in [-0.39, 0.29) is 5.78 Å². The molecule has 0 amide bonds. The molecule has 4 rings (SSSR count). The van der Waals surface area contributed by atoms with Crippen LogP contribution in [-0.2, 0) is 6.42 Å². The van der Waals surface area contributed by atoms with Gasteiger partial charge in [0.2, 0.25) is 0 Å². The van der Waals surface area contributed by atoms with Crippen LogP contribution in [0.2, 0.25) is 0 Å². The molecule has 0 radical (unpaired) electrons. The topological polar surface area (TPSA) is 17.1 Å². The number of fused-ring (bicyclic) bond motifs is 3. The molecule has 0 saturated carbocycles. The highest BCUT2D eigenvalue weighted by atomic mass is 16.1. The Bertz CT molecular complexity index is 873. The monoisotopic (exact) mass is 284 g/mol. The van der Waals surface area contributed by atoms with Gasteiger partial charge in [-0.25, -0.2) is 0 Å². The number of carbonyl (C=O) groups excluding carboxylic acids is 1. The van der Waals surface area contributed by atoms with Crippen LogP contribution in [0.5, 0.6) is 0 Å². The normalized spacial score (nSPS) is 12.1. The fourth-order valence-electron chi connectivity index (χ4n) is 3.14. The summed E-state index contributed by atoms with van der Waals surface area (Å²) in [5.74, 6) is 0.137. The number of hydrogen-bond donors (Lipinski definition) is 0. The average Bonchev–Trinajstić information content (AvgIpc) is 2.88. The maximum Gasteiger partial charge on any atom is 0.194 e. The van der Waals surface area contributed by atoms with Crippen molar-refractivity contribution in [1.29, 1.82) is 0 Å². The minimum absolute atomic E-state index is 0.137. The molecule has 3 aromatic carbocycles. The van der Waals surface area contributed by atoms with Gasteiger partial charge in [0.25, 0.3) is 0 Å². The molecule has 0 saturated heterocycles. The van der Waals surface area contributed by atoms with Gasteiger partial charge in [-0.3, -0.25) is 4.79 Å². The zero-order valence-electron chi connectivity index (χ0n) is 12.5. The van der Waals surface area contributed by atoms with E-state index in [1.165, 1.54) is 5.56 Å². The van der Waals surface area contributed by atoms with E-state index in [1.54, 1.807) is 0 Å². The second kappa shape index (κ2) is 4.96. The maximum absolute atomic E-state index is 12.6. The summed E-state index contributed by atoms with van der Waals surface area (Å²) >= 11 is 0. The summed E-state index contributed by atoms with van der Waals surface area (Å²) in [6.07, 6.45) is 1.04. The van der Waals surface area contributed by atoms with Crippen molar-refractivity contribution in [3.05, 3.63) is 83.4 Å². The number of rotatable bonds is 2. The molecule has 0 heterocycles.